The Morgan fingerprint density at radius 3 is 2.32 bits per heavy atom. The van der Waals surface area contributed by atoms with Crippen LogP contribution < -0.4 is 0 Å². The molecule has 0 N–H and O–H groups in total. The number of hydrogen-bond acceptors (Lipinski definition) is 1. The largest absolute Gasteiger partial charge is 0.309 e. The van der Waals surface area contributed by atoms with E-state index in [2.05, 4.69) is 109 Å². The van der Waals surface area contributed by atoms with Gasteiger partial charge in [-0.3, -0.25) is 0 Å². The van der Waals surface area contributed by atoms with Gasteiger partial charge in [-0.25, -0.2) is 0 Å². The summed E-state index contributed by atoms with van der Waals surface area (Å²) >= 11 is 1.87. The second kappa shape index (κ2) is 6.19. The molecule has 0 aliphatic rings. The molecule has 7 aromatic rings. The standard InChI is InChI=1S/C29H19NS/c1-18-10-13-23-26(16-18)30(25-14-11-19-6-2-3-7-21(19)29(23)25)20-12-15-28-24(17-20)22-8-4-5-9-27(22)31-28/h2-17H,1H3. The molecule has 0 radical (unpaired) electrons. The Hall–Kier alpha value is -3.62. The molecule has 2 heteroatoms. The van der Waals surface area contributed by atoms with Crippen molar-refractivity contribution in [3.8, 4) is 5.69 Å². The van der Waals surface area contributed by atoms with Crippen LogP contribution in [0.3, 0.4) is 0 Å². The summed E-state index contributed by atoms with van der Waals surface area (Å²) in [6, 6.07) is 35.7. The van der Waals surface area contributed by atoms with Crippen LogP contribution in [0.1, 0.15) is 5.56 Å². The quantitative estimate of drug-likeness (QED) is 0.254. The van der Waals surface area contributed by atoms with Gasteiger partial charge in [-0.05, 0) is 59.7 Å². The first kappa shape index (κ1) is 17.1. The molecule has 0 spiro atoms. The summed E-state index contributed by atoms with van der Waals surface area (Å²) in [5.74, 6) is 0. The zero-order chi connectivity index (χ0) is 20.5. The van der Waals surface area contributed by atoms with E-state index in [1.54, 1.807) is 0 Å². The van der Waals surface area contributed by atoms with Crippen LogP contribution in [0, 0.1) is 6.92 Å². The van der Waals surface area contributed by atoms with Gasteiger partial charge in [-0.2, -0.15) is 0 Å². The highest BCUT2D eigenvalue weighted by atomic mass is 32.1. The van der Waals surface area contributed by atoms with Gasteiger partial charge >= 0.3 is 0 Å². The third kappa shape index (κ3) is 2.37. The molecule has 2 heterocycles. The van der Waals surface area contributed by atoms with Crippen molar-refractivity contribution in [2.75, 3.05) is 0 Å². The van der Waals surface area contributed by atoms with E-state index in [0.29, 0.717) is 0 Å². The predicted molar refractivity (Wildman–Crippen MR) is 136 cm³/mol. The molecule has 146 valence electrons. The van der Waals surface area contributed by atoms with Gasteiger partial charge in [-0.1, -0.05) is 60.7 Å². The van der Waals surface area contributed by atoms with Gasteiger partial charge in [0.05, 0.1) is 11.0 Å². The molecule has 0 amide bonds. The first-order valence-corrected chi connectivity index (χ1v) is 11.4. The van der Waals surface area contributed by atoms with Crippen molar-refractivity contribution in [1.82, 2.24) is 4.57 Å². The number of benzene rings is 5. The highest BCUT2D eigenvalue weighted by Crippen LogP contribution is 2.39. The van der Waals surface area contributed by atoms with Crippen LogP contribution >= 0.6 is 11.3 Å². The van der Waals surface area contributed by atoms with Gasteiger partial charge < -0.3 is 4.57 Å². The summed E-state index contributed by atoms with van der Waals surface area (Å²) in [5, 5.41) is 7.92. The fourth-order valence-corrected chi connectivity index (χ4v) is 6.12. The van der Waals surface area contributed by atoms with E-state index in [1.165, 1.54) is 64.0 Å². The Morgan fingerprint density at radius 2 is 1.39 bits per heavy atom. The van der Waals surface area contributed by atoms with Crippen molar-refractivity contribution in [2.24, 2.45) is 0 Å². The van der Waals surface area contributed by atoms with Gasteiger partial charge in [0.1, 0.15) is 0 Å². The van der Waals surface area contributed by atoms with Gasteiger partial charge in [0.2, 0.25) is 0 Å². The lowest BCUT2D eigenvalue weighted by atomic mass is 10.0. The minimum Gasteiger partial charge on any atom is -0.309 e. The fraction of sp³-hybridized carbons (Fsp3) is 0.0345. The average Bonchev–Trinajstić information content (AvgIpc) is 3.33. The molecule has 0 fully saturated rings. The van der Waals surface area contributed by atoms with E-state index in [4.69, 9.17) is 0 Å². The molecule has 1 nitrogen and oxygen atoms in total. The molecule has 0 aliphatic heterocycles. The zero-order valence-corrected chi connectivity index (χ0v) is 17.9. The number of rotatable bonds is 1. The topological polar surface area (TPSA) is 4.93 Å². The summed E-state index contributed by atoms with van der Waals surface area (Å²) in [4.78, 5) is 0. The maximum absolute atomic E-state index is 2.44. The second-order valence-corrected chi connectivity index (χ2v) is 9.40. The molecular weight excluding hydrogens is 394 g/mol. The van der Waals surface area contributed by atoms with Crippen molar-refractivity contribution >= 4 is 64.1 Å². The van der Waals surface area contributed by atoms with Crippen molar-refractivity contribution in [2.45, 2.75) is 6.92 Å². The van der Waals surface area contributed by atoms with Gasteiger partial charge in [0, 0.05) is 36.6 Å². The van der Waals surface area contributed by atoms with Crippen LogP contribution in [0.25, 0.3) is 58.4 Å². The number of thiophene rings is 1. The summed E-state index contributed by atoms with van der Waals surface area (Å²) in [5.41, 5.74) is 5.03. The normalized spacial score (nSPS) is 12.0. The lowest BCUT2D eigenvalue weighted by Gasteiger charge is -2.09. The van der Waals surface area contributed by atoms with Crippen LogP contribution in [0.5, 0.6) is 0 Å². The number of aryl methyl sites for hydroxylation is 1. The molecule has 2 aromatic heterocycles. The maximum atomic E-state index is 2.44. The average molecular weight is 414 g/mol. The van der Waals surface area contributed by atoms with Crippen LogP contribution in [-0.2, 0) is 0 Å². The third-order valence-corrected chi connectivity index (χ3v) is 7.58. The Balaban J connectivity index is 1.66. The van der Waals surface area contributed by atoms with Crippen LogP contribution in [0.15, 0.2) is 97.1 Å². The molecule has 5 aromatic carbocycles. The fourth-order valence-electron chi connectivity index (χ4n) is 5.03. The molecule has 31 heavy (non-hydrogen) atoms. The number of hydrogen-bond donors (Lipinski definition) is 0. The lowest BCUT2D eigenvalue weighted by molar-refractivity contribution is 1.18. The maximum Gasteiger partial charge on any atom is 0.0547 e. The Morgan fingerprint density at radius 1 is 0.581 bits per heavy atom. The lowest BCUT2D eigenvalue weighted by Crippen LogP contribution is -1.93. The Labute approximate surface area is 183 Å². The van der Waals surface area contributed by atoms with E-state index in [0.717, 1.165) is 0 Å². The molecule has 0 atom stereocenters. The third-order valence-electron chi connectivity index (χ3n) is 6.43. The number of nitrogens with zero attached hydrogens (tertiary/aromatic N) is 1. The zero-order valence-electron chi connectivity index (χ0n) is 17.1. The molecular formula is C29H19NS. The minimum atomic E-state index is 1.22. The van der Waals surface area contributed by atoms with Gasteiger partial charge in [0.15, 0.2) is 0 Å². The monoisotopic (exact) mass is 413 g/mol. The smallest absolute Gasteiger partial charge is 0.0547 e. The van der Waals surface area contributed by atoms with E-state index >= 15 is 0 Å². The highest BCUT2D eigenvalue weighted by Gasteiger charge is 2.16. The van der Waals surface area contributed by atoms with Gasteiger partial charge in [0.25, 0.3) is 0 Å². The molecule has 0 saturated heterocycles. The first-order chi connectivity index (χ1) is 15.3. The van der Waals surface area contributed by atoms with Crippen molar-refractivity contribution in [3.05, 3.63) is 103 Å². The van der Waals surface area contributed by atoms with Crippen LogP contribution in [0.4, 0.5) is 0 Å². The summed E-state index contributed by atoms with van der Waals surface area (Å²) in [6.45, 7) is 2.18. The molecule has 0 saturated carbocycles. The van der Waals surface area contributed by atoms with E-state index in [-0.39, 0.29) is 0 Å². The number of aromatic nitrogens is 1. The van der Waals surface area contributed by atoms with E-state index < -0.39 is 0 Å². The van der Waals surface area contributed by atoms with E-state index in [1.807, 2.05) is 11.3 Å². The van der Waals surface area contributed by atoms with E-state index in [9.17, 15) is 0 Å². The van der Waals surface area contributed by atoms with Gasteiger partial charge in [-0.15, -0.1) is 11.3 Å². The molecule has 7 rings (SSSR count). The SMILES string of the molecule is Cc1ccc2c3c4ccccc4ccc3n(-c3ccc4sc5ccccc5c4c3)c2c1. The van der Waals surface area contributed by atoms with Crippen molar-refractivity contribution < 1.29 is 0 Å². The Bertz CT molecular complexity index is 1800. The van der Waals surface area contributed by atoms with Crippen molar-refractivity contribution in [1.29, 1.82) is 0 Å². The van der Waals surface area contributed by atoms with Crippen molar-refractivity contribution in [3.63, 3.8) is 0 Å². The summed E-state index contributed by atoms with van der Waals surface area (Å²) in [7, 11) is 0. The molecule has 0 unspecified atom stereocenters. The first-order valence-electron chi connectivity index (χ1n) is 10.6. The molecule has 0 bridgehead atoms. The summed E-state index contributed by atoms with van der Waals surface area (Å²) in [6.07, 6.45) is 0. The Kier molecular flexibility index (Phi) is 3.42. The second-order valence-electron chi connectivity index (χ2n) is 8.32. The predicted octanol–water partition coefficient (Wildman–Crippen LogP) is 8.61. The summed E-state index contributed by atoms with van der Waals surface area (Å²) < 4.78 is 5.13. The van der Waals surface area contributed by atoms with Crippen LogP contribution in [-0.4, -0.2) is 4.57 Å². The molecule has 0 aliphatic carbocycles. The number of fused-ring (bicyclic) bond motifs is 8. The minimum absolute atomic E-state index is 1.22. The highest BCUT2D eigenvalue weighted by molar-refractivity contribution is 7.25. The van der Waals surface area contributed by atoms with Crippen LogP contribution in [0.2, 0.25) is 0 Å².